The third kappa shape index (κ3) is 3.06. The van der Waals surface area contributed by atoms with Crippen LogP contribution in [0, 0.1) is 19.8 Å². The summed E-state index contributed by atoms with van der Waals surface area (Å²) in [5, 5.41) is 9.21. The van der Waals surface area contributed by atoms with E-state index in [9.17, 15) is 0 Å². The summed E-state index contributed by atoms with van der Waals surface area (Å²) in [7, 11) is 0. The van der Waals surface area contributed by atoms with Gasteiger partial charge in [-0.3, -0.25) is 0 Å². The first kappa shape index (κ1) is 15.3. The van der Waals surface area contributed by atoms with E-state index in [0.29, 0.717) is 18.4 Å². The van der Waals surface area contributed by atoms with E-state index in [1.165, 1.54) is 10.3 Å². The lowest BCUT2D eigenvalue weighted by Crippen LogP contribution is -2.21. The lowest BCUT2D eigenvalue weighted by atomic mass is 10.1. The van der Waals surface area contributed by atoms with Crippen LogP contribution in [-0.4, -0.2) is 34.9 Å². The Morgan fingerprint density at radius 3 is 2.92 bits per heavy atom. The molecule has 0 radical (unpaired) electrons. The van der Waals surface area contributed by atoms with Crippen molar-refractivity contribution in [1.29, 1.82) is 0 Å². The highest BCUT2D eigenvalue weighted by molar-refractivity contribution is 7.22. The maximum Gasteiger partial charge on any atom is 0.233 e. The molecule has 0 bridgehead atoms. The first-order chi connectivity index (χ1) is 11.7. The number of aromatic nitrogens is 3. The third-order valence-corrected chi connectivity index (χ3v) is 5.49. The number of ether oxygens (including phenoxy) is 1. The molecule has 3 aromatic rings. The minimum atomic E-state index is 0.501. The highest BCUT2D eigenvalue weighted by Gasteiger charge is 2.25. The summed E-state index contributed by atoms with van der Waals surface area (Å²) in [6, 6.07) is 10.2. The van der Waals surface area contributed by atoms with Gasteiger partial charge in [0.05, 0.1) is 22.5 Å². The Morgan fingerprint density at radius 2 is 2.12 bits per heavy atom. The molecule has 1 unspecified atom stereocenters. The topological polar surface area (TPSA) is 51.1 Å². The average Bonchev–Trinajstić information content (AvgIpc) is 3.21. The Bertz CT molecular complexity index is 846. The second kappa shape index (κ2) is 6.36. The van der Waals surface area contributed by atoms with Crippen molar-refractivity contribution in [3.63, 3.8) is 0 Å². The Balaban J connectivity index is 1.40. The number of rotatable bonds is 4. The monoisotopic (exact) mass is 340 g/mol. The Morgan fingerprint density at radius 1 is 1.21 bits per heavy atom. The fourth-order valence-corrected chi connectivity index (χ4v) is 4.10. The molecular weight excluding hydrogens is 320 g/mol. The number of thiazole rings is 1. The smallest absolute Gasteiger partial charge is 0.233 e. The van der Waals surface area contributed by atoms with Crippen LogP contribution < -0.4 is 9.64 Å². The van der Waals surface area contributed by atoms with Gasteiger partial charge in [-0.15, -0.1) is 5.10 Å². The first-order valence-corrected chi connectivity index (χ1v) is 9.05. The van der Waals surface area contributed by atoms with Gasteiger partial charge in [-0.2, -0.15) is 5.10 Å². The molecule has 0 aliphatic carbocycles. The molecule has 0 spiro atoms. The van der Waals surface area contributed by atoms with Crippen LogP contribution >= 0.6 is 11.3 Å². The molecule has 0 saturated carbocycles. The molecule has 1 saturated heterocycles. The van der Waals surface area contributed by atoms with Gasteiger partial charge in [0.25, 0.3) is 0 Å². The fraction of sp³-hybridized carbons (Fsp3) is 0.389. The van der Waals surface area contributed by atoms with E-state index < -0.39 is 0 Å². The van der Waals surface area contributed by atoms with Crippen LogP contribution in [0.15, 0.2) is 30.3 Å². The Hall–Kier alpha value is -2.21. The molecule has 1 atom stereocenters. The molecule has 24 heavy (non-hydrogen) atoms. The van der Waals surface area contributed by atoms with E-state index in [0.717, 1.165) is 35.9 Å². The van der Waals surface area contributed by atoms with E-state index in [4.69, 9.17) is 9.72 Å². The SMILES string of the molecule is Cc1ccc(OCC2CCN(c3nc4c(C)cccc4s3)C2)nn1. The van der Waals surface area contributed by atoms with Crippen LogP contribution in [0.25, 0.3) is 10.2 Å². The summed E-state index contributed by atoms with van der Waals surface area (Å²) in [4.78, 5) is 7.21. The first-order valence-electron chi connectivity index (χ1n) is 8.23. The largest absolute Gasteiger partial charge is 0.476 e. The van der Waals surface area contributed by atoms with Crippen molar-refractivity contribution < 1.29 is 4.74 Å². The number of hydrogen-bond donors (Lipinski definition) is 0. The van der Waals surface area contributed by atoms with Crippen LogP contribution in [0.4, 0.5) is 5.13 Å². The number of benzene rings is 1. The van der Waals surface area contributed by atoms with Crippen LogP contribution in [0.3, 0.4) is 0 Å². The molecule has 4 rings (SSSR count). The molecule has 1 fully saturated rings. The lowest BCUT2D eigenvalue weighted by molar-refractivity contribution is 0.249. The lowest BCUT2D eigenvalue weighted by Gasteiger charge is -2.15. The molecule has 2 aromatic heterocycles. The third-order valence-electron chi connectivity index (χ3n) is 4.41. The Labute approximate surface area is 145 Å². The van der Waals surface area contributed by atoms with Crippen molar-refractivity contribution >= 4 is 26.7 Å². The molecule has 1 aliphatic rings. The number of fused-ring (bicyclic) bond motifs is 1. The molecular formula is C18H20N4OS. The molecule has 0 N–H and O–H groups in total. The van der Waals surface area contributed by atoms with E-state index >= 15 is 0 Å². The highest BCUT2D eigenvalue weighted by Crippen LogP contribution is 2.33. The molecule has 5 nitrogen and oxygen atoms in total. The van der Waals surface area contributed by atoms with Crippen molar-refractivity contribution in [3.8, 4) is 5.88 Å². The second-order valence-electron chi connectivity index (χ2n) is 6.34. The summed E-state index contributed by atoms with van der Waals surface area (Å²) >= 11 is 1.78. The van der Waals surface area contributed by atoms with Crippen LogP contribution in [0.1, 0.15) is 17.7 Å². The summed E-state index contributed by atoms with van der Waals surface area (Å²) in [5.74, 6) is 1.11. The van der Waals surface area contributed by atoms with Gasteiger partial charge in [0, 0.05) is 25.1 Å². The van der Waals surface area contributed by atoms with Gasteiger partial charge >= 0.3 is 0 Å². The minimum absolute atomic E-state index is 0.501. The summed E-state index contributed by atoms with van der Waals surface area (Å²) in [6.45, 7) is 6.74. The predicted octanol–water partition coefficient (Wildman–Crippen LogP) is 3.61. The second-order valence-corrected chi connectivity index (χ2v) is 7.35. The van der Waals surface area contributed by atoms with Crippen molar-refractivity contribution in [2.45, 2.75) is 20.3 Å². The Kier molecular flexibility index (Phi) is 4.06. The molecule has 6 heteroatoms. The van der Waals surface area contributed by atoms with Gasteiger partial charge in [0.15, 0.2) is 5.13 Å². The van der Waals surface area contributed by atoms with Crippen molar-refractivity contribution in [3.05, 3.63) is 41.6 Å². The van der Waals surface area contributed by atoms with E-state index in [1.807, 2.05) is 19.1 Å². The quantitative estimate of drug-likeness (QED) is 0.726. The van der Waals surface area contributed by atoms with Gasteiger partial charge < -0.3 is 9.64 Å². The molecule has 0 amide bonds. The van der Waals surface area contributed by atoms with Crippen molar-refractivity contribution in [2.75, 3.05) is 24.6 Å². The van der Waals surface area contributed by atoms with Gasteiger partial charge in [-0.05, 0) is 38.0 Å². The maximum absolute atomic E-state index is 5.79. The zero-order valence-corrected chi connectivity index (χ0v) is 14.7. The predicted molar refractivity (Wildman–Crippen MR) is 96.9 cm³/mol. The van der Waals surface area contributed by atoms with E-state index in [2.05, 4.69) is 40.2 Å². The van der Waals surface area contributed by atoms with Gasteiger partial charge in [0.2, 0.25) is 5.88 Å². The van der Waals surface area contributed by atoms with E-state index in [-0.39, 0.29) is 0 Å². The van der Waals surface area contributed by atoms with Gasteiger partial charge in [-0.1, -0.05) is 23.5 Å². The van der Waals surface area contributed by atoms with Crippen LogP contribution in [-0.2, 0) is 0 Å². The summed E-state index contributed by atoms with van der Waals surface area (Å²) in [6.07, 6.45) is 1.12. The normalized spacial score (nSPS) is 17.6. The van der Waals surface area contributed by atoms with Crippen molar-refractivity contribution in [1.82, 2.24) is 15.2 Å². The zero-order valence-electron chi connectivity index (χ0n) is 13.9. The molecule has 1 aromatic carbocycles. The number of para-hydroxylation sites is 1. The molecule has 3 heterocycles. The van der Waals surface area contributed by atoms with Crippen molar-refractivity contribution in [2.24, 2.45) is 5.92 Å². The highest BCUT2D eigenvalue weighted by atomic mass is 32.1. The zero-order chi connectivity index (χ0) is 16.5. The maximum atomic E-state index is 5.79. The standard InChI is InChI=1S/C18H20N4OS/c1-12-4-3-5-15-17(12)19-18(24-15)22-9-8-14(10-22)11-23-16-7-6-13(2)20-21-16/h3-7,14H,8-11H2,1-2H3. The van der Waals surface area contributed by atoms with Crippen LogP contribution in [0.2, 0.25) is 0 Å². The van der Waals surface area contributed by atoms with Gasteiger partial charge in [-0.25, -0.2) is 4.98 Å². The van der Waals surface area contributed by atoms with Gasteiger partial charge in [0.1, 0.15) is 0 Å². The molecule has 124 valence electrons. The summed E-state index contributed by atoms with van der Waals surface area (Å²) < 4.78 is 7.05. The number of anilines is 1. The van der Waals surface area contributed by atoms with Crippen LogP contribution in [0.5, 0.6) is 5.88 Å². The summed E-state index contributed by atoms with van der Waals surface area (Å²) in [5.41, 5.74) is 3.28. The molecule has 1 aliphatic heterocycles. The number of aryl methyl sites for hydroxylation is 2. The number of hydrogen-bond acceptors (Lipinski definition) is 6. The minimum Gasteiger partial charge on any atom is -0.476 e. The average molecular weight is 340 g/mol. The fourth-order valence-electron chi connectivity index (χ4n) is 3.02. The number of nitrogens with zero attached hydrogens (tertiary/aromatic N) is 4. The van der Waals surface area contributed by atoms with E-state index in [1.54, 1.807) is 11.3 Å².